The second-order valence-corrected chi connectivity index (χ2v) is 5.62. The smallest absolute Gasteiger partial charge is 0.355 e. The van der Waals surface area contributed by atoms with Crippen LogP contribution in [0.5, 0.6) is 0 Å². The highest BCUT2D eigenvalue weighted by atomic mass is 19.4. The zero-order chi connectivity index (χ0) is 18.1. The van der Waals surface area contributed by atoms with E-state index in [4.69, 9.17) is 0 Å². The van der Waals surface area contributed by atoms with Gasteiger partial charge >= 0.3 is 6.18 Å². The van der Waals surface area contributed by atoms with Crippen molar-refractivity contribution < 1.29 is 13.2 Å². The minimum absolute atomic E-state index is 0.550. The number of nitrogens with zero attached hydrogens (tertiary/aromatic N) is 4. The molecule has 0 fully saturated rings. The molecule has 4 aromatic rings. The van der Waals surface area contributed by atoms with Crippen molar-refractivity contribution in [2.75, 3.05) is 5.32 Å². The highest BCUT2D eigenvalue weighted by Gasteiger charge is 2.29. The van der Waals surface area contributed by atoms with Crippen molar-refractivity contribution >= 4 is 17.0 Å². The molecule has 8 heteroatoms. The molecule has 5 nitrogen and oxygen atoms in total. The third kappa shape index (κ3) is 3.08. The zero-order valence-electron chi connectivity index (χ0n) is 13.3. The van der Waals surface area contributed by atoms with Crippen LogP contribution < -0.4 is 5.32 Å². The van der Waals surface area contributed by atoms with Crippen molar-refractivity contribution in [2.24, 2.45) is 0 Å². The highest BCUT2D eigenvalue weighted by Crippen LogP contribution is 2.32. The number of anilines is 2. The maximum Gasteiger partial charge on any atom is 0.416 e. The maximum absolute atomic E-state index is 12.7. The lowest BCUT2D eigenvalue weighted by Gasteiger charge is -2.13. The predicted molar refractivity (Wildman–Crippen MR) is 90.9 cm³/mol. The van der Waals surface area contributed by atoms with Crippen LogP contribution in [0.4, 0.5) is 24.5 Å². The lowest BCUT2D eigenvalue weighted by Crippen LogP contribution is -2.04. The summed E-state index contributed by atoms with van der Waals surface area (Å²) in [7, 11) is 0. The Labute approximate surface area is 146 Å². The summed E-state index contributed by atoms with van der Waals surface area (Å²) in [6.45, 7) is 0. The summed E-state index contributed by atoms with van der Waals surface area (Å²) in [5.41, 5.74) is 2.73. The molecule has 0 aliphatic heterocycles. The van der Waals surface area contributed by atoms with E-state index in [-0.39, 0.29) is 0 Å². The monoisotopic (exact) mass is 355 g/mol. The lowest BCUT2D eigenvalue weighted by atomic mass is 10.1. The van der Waals surface area contributed by atoms with E-state index in [1.54, 1.807) is 23.1 Å². The summed E-state index contributed by atoms with van der Waals surface area (Å²) >= 11 is 0. The van der Waals surface area contributed by atoms with E-state index in [1.807, 2.05) is 24.3 Å². The first-order valence-corrected chi connectivity index (χ1v) is 7.70. The zero-order valence-corrected chi connectivity index (χ0v) is 13.3. The van der Waals surface area contributed by atoms with Gasteiger partial charge in [-0.1, -0.05) is 18.2 Å². The summed E-state index contributed by atoms with van der Waals surface area (Å²) < 4.78 is 39.8. The minimum atomic E-state index is -4.35. The molecule has 1 N–H and O–H groups in total. The van der Waals surface area contributed by atoms with Crippen molar-refractivity contribution in [3.05, 3.63) is 72.8 Å². The second kappa shape index (κ2) is 6.14. The van der Waals surface area contributed by atoms with E-state index in [9.17, 15) is 13.2 Å². The highest BCUT2D eigenvalue weighted by molar-refractivity contribution is 5.80. The van der Waals surface area contributed by atoms with E-state index in [0.29, 0.717) is 17.0 Å². The molecule has 2 aromatic heterocycles. The number of halogens is 3. The Hall–Kier alpha value is -3.42. The van der Waals surface area contributed by atoms with Gasteiger partial charge in [-0.15, -0.1) is 10.2 Å². The number of fused-ring (bicyclic) bond motifs is 1. The van der Waals surface area contributed by atoms with Crippen LogP contribution in [0.3, 0.4) is 0 Å². The van der Waals surface area contributed by atoms with Crippen LogP contribution in [0.25, 0.3) is 16.9 Å². The van der Waals surface area contributed by atoms with Crippen LogP contribution in [0.1, 0.15) is 5.56 Å². The first kappa shape index (κ1) is 16.1. The molecule has 0 aliphatic rings. The first-order valence-electron chi connectivity index (χ1n) is 7.70. The van der Waals surface area contributed by atoms with Gasteiger partial charge < -0.3 is 5.32 Å². The largest absolute Gasteiger partial charge is 0.416 e. The molecule has 0 radical (unpaired) electrons. The Morgan fingerprint density at radius 3 is 2.46 bits per heavy atom. The van der Waals surface area contributed by atoms with Gasteiger partial charge in [0.25, 0.3) is 0 Å². The summed E-state index contributed by atoms with van der Waals surface area (Å²) in [5.74, 6) is 0. The molecule has 0 spiro atoms. The van der Waals surface area contributed by atoms with Crippen LogP contribution in [-0.2, 0) is 6.18 Å². The third-order valence-electron chi connectivity index (χ3n) is 3.88. The number of aromatic nitrogens is 4. The van der Waals surface area contributed by atoms with Crippen molar-refractivity contribution in [2.45, 2.75) is 6.18 Å². The maximum atomic E-state index is 12.7. The second-order valence-electron chi connectivity index (χ2n) is 5.62. The third-order valence-corrected chi connectivity index (χ3v) is 3.88. The van der Waals surface area contributed by atoms with Crippen LogP contribution in [-0.4, -0.2) is 19.6 Å². The van der Waals surface area contributed by atoms with E-state index in [1.165, 1.54) is 12.1 Å². The van der Waals surface area contributed by atoms with Gasteiger partial charge in [0.05, 0.1) is 11.3 Å². The Bertz CT molecular complexity index is 1050. The SMILES string of the molecule is FC(F)(F)c1ccc(Nc2ccccc2-c2cc3nncn3cn2)cc1. The Kier molecular flexibility index (Phi) is 3.80. The fourth-order valence-electron chi connectivity index (χ4n) is 2.59. The molecule has 0 atom stereocenters. The fourth-order valence-corrected chi connectivity index (χ4v) is 2.59. The molecule has 26 heavy (non-hydrogen) atoms. The molecular formula is C18H12F3N5. The number of benzene rings is 2. The molecule has 0 saturated heterocycles. The van der Waals surface area contributed by atoms with E-state index in [0.717, 1.165) is 23.4 Å². The molecular weight excluding hydrogens is 343 g/mol. The van der Waals surface area contributed by atoms with Gasteiger partial charge in [0.2, 0.25) is 0 Å². The van der Waals surface area contributed by atoms with Gasteiger partial charge in [0.1, 0.15) is 12.7 Å². The molecule has 0 unspecified atom stereocenters. The number of hydrogen-bond donors (Lipinski definition) is 1. The predicted octanol–water partition coefficient (Wildman–Crippen LogP) is 4.55. The average molecular weight is 355 g/mol. The topological polar surface area (TPSA) is 55.1 Å². The van der Waals surface area contributed by atoms with Crippen molar-refractivity contribution in [1.82, 2.24) is 19.6 Å². The molecule has 0 saturated carbocycles. The van der Waals surface area contributed by atoms with Crippen LogP contribution in [0.2, 0.25) is 0 Å². The van der Waals surface area contributed by atoms with Crippen molar-refractivity contribution in [3.8, 4) is 11.3 Å². The number of nitrogens with one attached hydrogen (secondary N) is 1. The molecule has 0 bridgehead atoms. The van der Waals surface area contributed by atoms with Crippen LogP contribution in [0, 0.1) is 0 Å². The molecule has 130 valence electrons. The summed E-state index contributed by atoms with van der Waals surface area (Å²) in [6.07, 6.45) is -1.19. The van der Waals surface area contributed by atoms with Gasteiger partial charge in [-0.05, 0) is 30.3 Å². The Balaban J connectivity index is 1.67. The fraction of sp³-hybridized carbons (Fsp3) is 0.0556. The number of hydrogen-bond acceptors (Lipinski definition) is 4. The number of alkyl halides is 3. The molecule has 0 amide bonds. The van der Waals surface area contributed by atoms with Crippen LogP contribution >= 0.6 is 0 Å². The van der Waals surface area contributed by atoms with Gasteiger partial charge in [0.15, 0.2) is 5.65 Å². The van der Waals surface area contributed by atoms with Crippen molar-refractivity contribution in [3.63, 3.8) is 0 Å². The molecule has 2 aromatic carbocycles. The number of rotatable bonds is 3. The first-order chi connectivity index (χ1) is 12.5. The quantitative estimate of drug-likeness (QED) is 0.586. The Morgan fingerprint density at radius 1 is 0.923 bits per heavy atom. The average Bonchev–Trinajstić information content (AvgIpc) is 3.09. The Morgan fingerprint density at radius 2 is 1.69 bits per heavy atom. The van der Waals surface area contributed by atoms with Gasteiger partial charge in [-0.3, -0.25) is 4.40 Å². The van der Waals surface area contributed by atoms with Gasteiger partial charge in [0, 0.05) is 23.0 Å². The molecule has 4 rings (SSSR count). The molecule has 0 aliphatic carbocycles. The van der Waals surface area contributed by atoms with Gasteiger partial charge in [-0.2, -0.15) is 13.2 Å². The van der Waals surface area contributed by atoms with E-state index < -0.39 is 11.7 Å². The van der Waals surface area contributed by atoms with Crippen molar-refractivity contribution in [1.29, 1.82) is 0 Å². The summed E-state index contributed by atoms with van der Waals surface area (Å²) in [5, 5.41) is 11.0. The summed E-state index contributed by atoms with van der Waals surface area (Å²) in [6, 6.07) is 14.1. The molecule has 2 heterocycles. The minimum Gasteiger partial charge on any atom is -0.355 e. The van der Waals surface area contributed by atoms with Crippen LogP contribution in [0.15, 0.2) is 67.3 Å². The number of para-hydroxylation sites is 1. The van der Waals surface area contributed by atoms with E-state index in [2.05, 4.69) is 20.5 Å². The summed E-state index contributed by atoms with van der Waals surface area (Å²) in [4.78, 5) is 4.39. The standard InChI is InChI=1S/C18H12F3N5/c19-18(20,21)12-5-7-13(8-6-12)24-15-4-2-1-3-14(15)16-9-17-25-23-11-26(17)10-22-16/h1-11,24H. The van der Waals surface area contributed by atoms with E-state index >= 15 is 0 Å². The normalized spacial score (nSPS) is 11.7. The lowest BCUT2D eigenvalue weighted by molar-refractivity contribution is -0.137. The van der Waals surface area contributed by atoms with Gasteiger partial charge in [-0.25, -0.2) is 4.98 Å².